The van der Waals surface area contributed by atoms with Gasteiger partial charge in [-0.15, -0.1) is 11.3 Å². The van der Waals surface area contributed by atoms with E-state index in [1.165, 1.54) is 11.1 Å². The number of nitrogens with zero attached hydrogens (tertiary/aromatic N) is 2. The third kappa shape index (κ3) is 4.63. The number of aromatic nitrogens is 1. The normalized spacial score (nSPS) is 13.0. The molecule has 120 valence electrons. The Hall–Kier alpha value is -1.23. The summed E-state index contributed by atoms with van der Waals surface area (Å²) in [6.45, 7) is 9.76. The van der Waals surface area contributed by atoms with E-state index < -0.39 is 0 Å². The van der Waals surface area contributed by atoms with Crippen LogP contribution >= 0.6 is 11.3 Å². The average Bonchev–Trinajstić information content (AvgIpc) is 2.94. The largest absolute Gasteiger partial charge is 0.392 e. The second-order valence-electron chi connectivity index (χ2n) is 6.07. The minimum Gasteiger partial charge on any atom is -0.392 e. The van der Waals surface area contributed by atoms with Crippen LogP contribution in [0.5, 0.6) is 0 Å². The topological polar surface area (TPSA) is 36.4 Å². The summed E-state index contributed by atoms with van der Waals surface area (Å²) in [5, 5.41) is 12.8. The van der Waals surface area contributed by atoms with Crippen LogP contribution in [0.1, 0.15) is 39.0 Å². The number of aryl methyl sites for hydroxylation is 1. The number of hydrogen-bond donors (Lipinski definition) is 1. The fraction of sp³-hybridized carbons (Fsp3) is 0.500. The van der Waals surface area contributed by atoms with E-state index >= 15 is 0 Å². The Labute approximate surface area is 137 Å². The number of hydrogen-bond acceptors (Lipinski definition) is 4. The van der Waals surface area contributed by atoms with Crippen LogP contribution in [0, 0.1) is 0 Å². The maximum atomic E-state index is 9.62. The molecule has 1 N–H and O–H groups in total. The lowest BCUT2D eigenvalue weighted by Gasteiger charge is -2.26. The van der Waals surface area contributed by atoms with Crippen molar-refractivity contribution in [3.8, 4) is 10.6 Å². The molecule has 1 aromatic carbocycles. The minimum atomic E-state index is -0.318. The van der Waals surface area contributed by atoms with Crippen LogP contribution in [0.3, 0.4) is 0 Å². The highest BCUT2D eigenvalue weighted by molar-refractivity contribution is 7.13. The number of benzene rings is 1. The van der Waals surface area contributed by atoms with Crippen molar-refractivity contribution in [3.63, 3.8) is 0 Å². The van der Waals surface area contributed by atoms with Gasteiger partial charge in [0.15, 0.2) is 0 Å². The Morgan fingerprint density at radius 3 is 2.41 bits per heavy atom. The molecule has 0 saturated carbocycles. The van der Waals surface area contributed by atoms with Crippen molar-refractivity contribution in [3.05, 3.63) is 40.9 Å². The molecule has 0 radical (unpaired) electrons. The Morgan fingerprint density at radius 2 is 1.86 bits per heavy atom. The van der Waals surface area contributed by atoms with Crippen molar-refractivity contribution in [2.75, 3.05) is 6.54 Å². The summed E-state index contributed by atoms with van der Waals surface area (Å²) >= 11 is 1.69. The highest BCUT2D eigenvalue weighted by atomic mass is 32.1. The summed E-state index contributed by atoms with van der Waals surface area (Å²) in [6.07, 6.45) is 0.744. The quantitative estimate of drug-likeness (QED) is 0.839. The van der Waals surface area contributed by atoms with E-state index in [0.717, 1.165) is 23.7 Å². The lowest BCUT2D eigenvalue weighted by atomic mass is 10.1. The Balaban J connectivity index is 2.09. The molecule has 2 rings (SSSR count). The van der Waals surface area contributed by atoms with Crippen molar-refractivity contribution in [1.29, 1.82) is 0 Å². The molecule has 0 aliphatic carbocycles. The van der Waals surface area contributed by atoms with Gasteiger partial charge in [-0.25, -0.2) is 4.98 Å². The maximum Gasteiger partial charge on any atom is 0.123 e. The van der Waals surface area contributed by atoms with Gasteiger partial charge in [0.1, 0.15) is 5.01 Å². The summed E-state index contributed by atoms with van der Waals surface area (Å²) in [7, 11) is 0. The molecule has 22 heavy (non-hydrogen) atoms. The zero-order chi connectivity index (χ0) is 16.1. The van der Waals surface area contributed by atoms with Gasteiger partial charge in [0.2, 0.25) is 0 Å². The zero-order valence-electron chi connectivity index (χ0n) is 13.9. The van der Waals surface area contributed by atoms with Crippen molar-refractivity contribution in [2.45, 2.75) is 52.8 Å². The van der Waals surface area contributed by atoms with Crippen molar-refractivity contribution in [1.82, 2.24) is 9.88 Å². The monoisotopic (exact) mass is 318 g/mol. The van der Waals surface area contributed by atoms with E-state index in [9.17, 15) is 5.11 Å². The van der Waals surface area contributed by atoms with Gasteiger partial charge in [0.25, 0.3) is 0 Å². The second-order valence-corrected chi connectivity index (χ2v) is 6.92. The minimum absolute atomic E-state index is 0.318. The molecule has 2 aromatic rings. The van der Waals surface area contributed by atoms with Gasteiger partial charge in [-0.1, -0.05) is 31.2 Å². The van der Waals surface area contributed by atoms with E-state index in [1.54, 1.807) is 11.3 Å². The number of aliphatic hydroxyl groups excluding tert-OH is 1. The summed E-state index contributed by atoms with van der Waals surface area (Å²) < 4.78 is 0. The molecule has 0 spiro atoms. The van der Waals surface area contributed by atoms with Crippen molar-refractivity contribution < 1.29 is 5.11 Å². The number of rotatable bonds is 7. The third-order valence-corrected chi connectivity index (χ3v) is 4.70. The van der Waals surface area contributed by atoms with Gasteiger partial charge in [-0.2, -0.15) is 0 Å². The van der Waals surface area contributed by atoms with Crippen LogP contribution in [0.2, 0.25) is 0 Å². The van der Waals surface area contributed by atoms with Crippen LogP contribution in [0.15, 0.2) is 29.6 Å². The molecule has 0 amide bonds. The molecular formula is C18H26N2OS. The van der Waals surface area contributed by atoms with Gasteiger partial charge < -0.3 is 5.11 Å². The summed E-state index contributed by atoms with van der Waals surface area (Å²) in [5.74, 6) is 0. The maximum absolute atomic E-state index is 9.62. The molecule has 0 bridgehead atoms. The Bertz CT molecular complexity index is 575. The van der Waals surface area contributed by atoms with Gasteiger partial charge in [-0.3, -0.25) is 4.90 Å². The molecule has 1 atom stereocenters. The van der Waals surface area contributed by atoms with Crippen LogP contribution in [0.4, 0.5) is 0 Å². The summed E-state index contributed by atoms with van der Waals surface area (Å²) in [6, 6.07) is 9.03. The lowest BCUT2D eigenvalue weighted by molar-refractivity contribution is 0.102. The molecule has 3 nitrogen and oxygen atoms in total. The predicted molar refractivity (Wildman–Crippen MR) is 94.2 cm³/mol. The van der Waals surface area contributed by atoms with E-state index in [2.05, 4.69) is 55.3 Å². The van der Waals surface area contributed by atoms with E-state index in [0.29, 0.717) is 12.6 Å². The molecule has 4 heteroatoms. The molecule has 1 aromatic heterocycles. The van der Waals surface area contributed by atoms with Gasteiger partial charge >= 0.3 is 0 Å². The first kappa shape index (κ1) is 17.1. The molecule has 1 heterocycles. The van der Waals surface area contributed by atoms with Crippen molar-refractivity contribution in [2.24, 2.45) is 0 Å². The van der Waals surface area contributed by atoms with E-state index in [-0.39, 0.29) is 6.10 Å². The van der Waals surface area contributed by atoms with E-state index in [1.807, 2.05) is 6.92 Å². The molecule has 0 fully saturated rings. The fourth-order valence-corrected chi connectivity index (χ4v) is 3.22. The highest BCUT2D eigenvalue weighted by Crippen LogP contribution is 2.25. The molecule has 0 saturated heterocycles. The Morgan fingerprint density at radius 1 is 1.18 bits per heavy atom. The predicted octanol–water partition coefficient (Wildman–Crippen LogP) is 3.96. The van der Waals surface area contributed by atoms with Gasteiger partial charge in [-0.05, 0) is 32.8 Å². The number of aliphatic hydroxyl groups is 1. The summed E-state index contributed by atoms with van der Waals surface area (Å²) in [5.41, 5.74) is 3.61. The second kappa shape index (κ2) is 7.86. The molecule has 0 aliphatic rings. The summed E-state index contributed by atoms with van der Waals surface area (Å²) in [4.78, 5) is 7.01. The van der Waals surface area contributed by atoms with Crippen LogP contribution in [-0.4, -0.2) is 33.7 Å². The SMILES string of the molecule is CCc1ccc(-c2nc(CN(CC(C)O)C(C)C)cs2)cc1. The van der Waals surface area contributed by atoms with Gasteiger partial charge in [0, 0.05) is 30.1 Å². The molecule has 1 unspecified atom stereocenters. The first-order chi connectivity index (χ1) is 10.5. The average molecular weight is 318 g/mol. The zero-order valence-corrected chi connectivity index (χ0v) is 14.7. The highest BCUT2D eigenvalue weighted by Gasteiger charge is 2.14. The van der Waals surface area contributed by atoms with E-state index in [4.69, 9.17) is 4.98 Å². The van der Waals surface area contributed by atoms with Crippen LogP contribution in [-0.2, 0) is 13.0 Å². The first-order valence-corrected chi connectivity index (χ1v) is 8.83. The lowest BCUT2D eigenvalue weighted by Crippen LogP contribution is -2.36. The molecular weight excluding hydrogens is 292 g/mol. The molecule has 0 aliphatic heterocycles. The third-order valence-electron chi connectivity index (χ3n) is 3.75. The fourth-order valence-electron chi connectivity index (χ4n) is 2.40. The Kier molecular flexibility index (Phi) is 6.12. The number of thiazole rings is 1. The van der Waals surface area contributed by atoms with Crippen LogP contribution < -0.4 is 0 Å². The van der Waals surface area contributed by atoms with Gasteiger partial charge in [0.05, 0.1) is 11.8 Å². The van der Waals surface area contributed by atoms with Crippen LogP contribution in [0.25, 0.3) is 10.6 Å². The standard InChI is InChI=1S/C18H26N2OS/c1-5-15-6-8-16(9-7-15)18-19-17(12-22-18)11-20(13(2)3)10-14(4)21/h6-9,12-14,21H,5,10-11H2,1-4H3. The first-order valence-electron chi connectivity index (χ1n) is 7.95. The van der Waals surface area contributed by atoms with Crippen molar-refractivity contribution >= 4 is 11.3 Å². The smallest absolute Gasteiger partial charge is 0.123 e.